The van der Waals surface area contributed by atoms with E-state index >= 15 is 0 Å². The maximum atomic E-state index is 5.92. The second kappa shape index (κ2) is 7.21. The fourth-order valence-electron chi connectivity index (χ4n) is 4.47. The lowest BCUT2D eigenvalue weighted by molar-refractivity contribution is 0.397. The quantitative estimate of drug-likeness (QED) is 0.800. The van der Waals surface area contributed by atoms with Crippen molar-refractivity contribution in [2.45, 2.75) is 37.8 Å². The molecule has 2 fully saturated rings. The molecule has 2 bridgehead atoms. The fraction of sp³-hybridized carbons (Fsp3) is 0.421. The Bertz CT molecular complexity index is 630. The van der Waals surface area contributed by atoms with E-state index in [1.54, 1.807) is 0 Å². The highest BCUT2D eigenvalue weighted by atomic mass is 35.5. The molecule has 4 heteroatoms. The van der Waals surface area contributed by atoms with Gasteiger partial charge in [0.15, 0.2) is 0 Å². The number of halogens is 2. The maximum absolute atomic E-state index is 5.92. The minimum atomic E-state index is 0. The molecule has 1 heterocycles. The highest BCUT2D eigenvalue weighted by Crippen LogP contribution is 2.53. The SMILES string of the molecule is Cl.Clc1ccc([C@H]2CC3CCC2[C@@H]3NCc2ccccc2)cn1. The minimum absolute atomic E-state index is 0. The third-order valence-corrected chi connectivity index (χ3v) is 5.70. The van der Waals surface area contributed by atoms with Crippen LogP contribution in [0.2, 0.25) is 5.15 Å². The Labute approximate surface area is 149 Å². The predicted octanol–water partition coefficient (Wildman–Crippen LogP) is 4.83. The molecule has 0 amide bonds. The largest absolute Gasteiger partial charge is 0.309 e. The summed E-state index contributed by atoms with van der Waals surface area (Å²) in [6.45, 7) is 0.976. The van der Waals surface area contributed by atoms with Gasteiger partial charge in [-0.15, -0.1) is 12.4 Å². The van der Waals surface area contributed by atoms with E-state index in [0.29, 0.717) is 17.1 Å². The zero-order valence-corrected chi connectivity index (χ0v) is 14.6. The Balaban J connectivity index is 0.00000156. The zero-order valence-electron chi connectivity index (χ0n) is 13.0. The van der Waals surface area contributed by atoms with Crippen LogP contribution in [0.3, 0.4) is 0 Å². The van der Waals surface area contributed by atoms with Gasteiger partial charge in [-0.25, -0.2) is 4.98 Å². The van der Waals surface area contributed by atoms with E-state index in [2.05, 4.69) is 46.7 Å². The molecule has 0 radical (unpaired) electrons. The van der Waals surface area contributed by atoms with Gasteiger partial charge in [0.05, 0.1) is 0 Å². The van der Waals surface area contributed by atoms with E-state index in [9.17, 15) is 0 Å². The van der Waals surface area contributed by atoms with Gasteiger partial charge in [-0.2, -0.15) is 0 Å². The zero-order chi connectivity index (χ0) is 14.9. The van der Waals surface area contributed by atoms with Crippen LogP contribution in [0.25, 0.3) is 0 Å². The van der Waals surface area contributed by atoms with E-state index < -0.39 is 0 Å². The van der Waals surface area contributed by atoms with Crippen molar-refractivity contribution in [2.24, 2.45) is 11.8 Å². The predicted molar refractivity (Wildman–Crippen MR) is 97.1 cm³/mol. The topological polar surface area (TPSA) is 24.9 Å². The fourth-order valence-corrected chi connectivity index (χ4v) is 4.58. The van der Waals surface area contributed by atoms with Crippen molar-refractivity contribution in [1.29, 1.82) is 0 Å². The van der Waals surface area contributed by atoms with Gasteiger partial charge in [0.2, 0.25) is 0 Å². The van der Waals surface area contributed by atoms with E-state index in [1.807, 2.05) is 12.3 Å². The van der Waals surface area contributed by atoms with Crippen LogP contribution in [0.5, 0.6) is 0 Å². The van der Waals surface area contributed by atoms with Crippen LogP contribution >= 0.6 is 24.0 Å². The molecule has 4 rings (SSSR count). The van der Waals surface area contributed by atoms with Crippen molar-refractivity contribution < 1.29 is 0 Å². The Hall–Kier alpha value is -1.09. The maximum Gasteiger partial charge on any atom is 0.129 e. The Morgan fingerprint density at radius 3 is 2.65 bits per heavy atom. The third-order valence-electron chi connectivity index (χ3n) is 5.48. The normalized spacial score (nSPS) is 28.6. The number of rotatable bonds is 4. The van der Waals surface area contributed by atoms with Crippen LogP contribution in [0, 0.1) is 11.8 Å². The van der Waals surface area contributed by atoms with Crippen LogP contribution < -0.4 is 5.32 Å². The van der Waals surface area contributed by atoms with Crippen molar-refractivity contribution in [1.82, 2.24) is 10.3 Å². The van der Waals surface area contributed by atoms with Crippen LogP contribution in [0.15, 0.2) is 48.7 Å². The average molecular weight is 349 g/mol. The molecule has 1 aromatic carbocycles. The summed E-state index contributed by atoms with van der Waals surface area (Å²) in [4.78, 5) is 4.27. The molecule has 1 N–H and O–H groups in total. The molecule has 0 saturated heterocycles. The third kappa shape index (κ3) is 3.40. The molecule has 23 heavy (non-hydrogen) atoms. The number of pyridine rings is 1. The van der Waals surface area contributed by atoms with Crippen molar-refractivity contribution in [2.75, 3.05) is 0 Å². The lowest BCUT2D eigenvalue weighted by Crippen LogP contribution is -2.33. The van der Waals surface area contributed by atoms with Gasteiger partial charge in [-0.1, -0.05) is 48.0 Å². The van der Waals surface area contributed by atoms with Crippen molar-refractivity contribution in [3.63, 3.8) is 0 Å². The Kier molecular flexibility index (Phi) is 5.25. The van der Waals surface area contributed by atoms with Gasteiger partial charge in [-0.05, 0) is 54.2 Å². The van der Waals surface area contributed by atoms with Crippen LogP contribution in [-0.4, -0.2) is 11.0 Å². The highest BCUT2D eigenvalue weighted by Gasteiger charge is 2.48. The summed E-state index contributed by atoms with van der Waals surface area (Å²) in [6.07, 6.45) is 5.97. The molecule has 0 spiro atoms. The summed E-state index contributed by atoms with van der Waals surface area (Å²) in [5, 5.41) is 4.41. The lowest BCUT2D eigenvalue weighted by Gasteiger charge is -2.23. The standard InChI is InChI=1S/C19H21ClN2.ClH/c20-18-9-7-15(12-21-18)17-10-14-6-8-16(17)19(14)22-11-13-4-2-1-3-5-13;/h1-5,7,9,12,14,16-17,19,22H,6,8,10-11H2;1H/t14?,16?,17-,19-;/m1./s1. The van der Waals surface area contributed by atoms with Crippen molar-refractivity contribution in [3.05, 3.63) is 64.9 Å². The van der Waals surface area contributed by atoms with Crippen molar-refractivity contribution >= 4 is 24.0 Å². The molecular formula is C19H22Cl2N2. The van der Waals surface area contributed by atoms with E-state index in [4.69, 9.17) is 11.6 Å². The first-order chi connectivity index (χ1) is 10.8. The van der Waals surface area contributed by atoms with Crippen molar-refractivity contribution in [3.8, 4) is 0 Å². The van der Waals surface area contributed by atoms with Gasteiger partial charge >= 0.3 is 0 Å². The Morgan fingerprint density at radius 1 is 1.09 bits per heavy atom. The molecule has 2 aliphatic carbocycles. The average Bonchev–Trinajstić information content (AvgIpc) is 3.11. The van der Waals surface area contributed by atoms with Crippen LogP contribution in [0.4, 0.5) is 0 Å². The lowest BCUT2D eigenvalue weighted by atomic mass is 9.84. The monoisotopic (exact) mass is 348 g/mol. The number of hydrogen-bond donors (Lipinski definition) is 1. The van der Waals surface area contributed by atoms with Gasteiger partial charge in [0.1, 0.15) is 5.15 Å². The van der Waals surface area contributed by atoms with E-state index in [0.717, 1.165) is 18.4 Å². The number of hydrogen-bond acceptors (Lipinski definition) is 2. The molecular weight excluding hydrogens is 327 g/mol. The summed E-state index contributed by atoms with van der Waals surface area (Å²) in [7, 11) is 0. The number of aromatic nitrogens is 1. The first kappa shape index (κ1) is 16.8. The second-order valence-electron chi connectivity index (χ2n) is 6.65. The Morgan fingerprint density at radius 2 is 1.91 bits per heavy atom. The molecule has 2 aromatic rings. The number of benzene rings is 1. The first-order valence-electron chi connectivity index (χ1n) is 8.20. The van der Waals surface area contributed by atoms with Gasteiger partial charge in [0, 0.05) is 18.8 Å². The molecule has 4 atom stereocenters. The number of fused-ring (bicyclic) bond motifs is 2. The molecule has 2 saturated carbocycles. The number of nitrogens with one attached hydrogen (secondary N) is 1. The van der Waals surface area contributed by atoms with Gasteiger partial charge < -0.3 is 5.32 Å². The minimum Gasteiger partial charge on any atom is -0.309 e. The molecule has 0 aliphatic heterocycles. The first-order valence-corrected chi connectivity index (χ1v) is 8.58. The van der Waals surface area contributed by atoms with E-state index in [-0.39, 0.29) is 12.4 Å². The summed E-state index contributed by atoms with van der Waals surface area (Å²) in [6, 6.07) is 15.4. The van der Waals surface area contributed by atoms with Crippen LogP contribution in [0.1, 0.15) is 36.3 Å². The highest BCUT2D eigenvalue weighted by molar-refractivity contribution is 6.29. The summed E-state index contributed by atoms with van der Waals surface area (Å²) >= 11 is 5.92. The number of nitrogens with zero attached hydrogens (tertiary/aromatic N) is 1. The van der Waals surface area contributed by atoms with Gasteiger partial charge in [-0.3, -0.25) is 0 Å². The van der Waals surface area contributed by atoms with Crippen LogP contribution in [-0.2, 0) is 6.54 Å². The molecule has 1 aromatic heterocycles. The van der Waals surface area contributed by atoms with Gasteiger partial charge in [0.25, 0.3) is 0 Å². The molecule has 2 unspecified atom stereocenters. The smallest absolute Gasteiger partial charge is 0.129 e. The molecule has 2 aliphatic rings. The summed E-state index contributed by atoms with van der Waals surface area (Å²) in [5.41, 5.74) is 2.74. The molecule has 122 valence electrons. The second-order valence-corrected chi connectivity index (χ2v) is 7.04. The summed E-state index contributed by atoms with van der Waals surface area (Å²) < 4.78 is 0. The molecule has 2 nitrogen and oxygen atoms in total. The van der Waals surface area contributed by atoms with E-state index in [1.165, 1.54) is 30.4 Å². The summed E-state index contributed by atoms with van der Waals surface area (Å²) in [5.74, 6) is 2.21.